The van der Waals surface area contributed by atoms with Gasteiger partial charge in [0, 0.05) is 17.5 Å². The molecule has 2 aliphatic carbocycles. The van der Waals surface area contributed by atoms with Crippen molar-refractivity contribution in [2.75, 3.05) is 18.9 Å². The zero-order valence-electron chi connectivity index (χ0n) is 17.1. The summed E-state index contributed by atoms with van der Waals surface area (Å²) in [6.07, 6.45) is 6.49. The van der Waals surface area contributed by atoms with E-state index in [0.29, 0.717) is 24.1 Å². The second-order valence-electron chi connectivity index (χ2n) is 7.95. The molecule has 5 nitrogen and oxygen atoms in total. The van der Waals surface area contributed by atoms with Gasteiger partial charge in [-0.2, -0.15) is 0 Å². The molecule has 0 heterocycles. The summed E-state index contributed by atoms with van der Waals surface area (Å²) in [5.74, 6) is 1.11. The lowest BCUT2D eigenvalue weighted by atomic mass is 10.1. The summed E-state index contributed by atoms with van der Waals surface area (Å²) in [5, 5.41) is 5.89. The van der Waals surface area contributed by atoms with E-state index in [0.717, 1.165) is 31.2 Å². The summed E-state index contributed by atoms with van der Waals surface area (Å²) in [5.41, 5.74) is 4.02. The molecule has 2 aliphatic rings. The van der Waals surface area contributed by atoms with Gasteiger partial charge in [0.2, 0.25) is 5.91 Å². The first-order valence-corrected chi connectivity index (χ1v) is 11.7. The maximum atomic E-state index is 12.1. The number of rotatable bonds is 10. The summed E-state index contributed by atoms with van der Waals surface area (Å²) in [4.78, 5) is 25.0. The molecule has 2 amide bonds. The van der Waals surface area contributed by atoms with Crippen molar-refractivity contribution in [3.63, 3.8) is 0 Å². The molecule has 0 bridgehead atoms. The van der Waals surface area contributed by atoms with Crippen molar-refractivity contribution >= 4 is 23.6 Å². The smallest absolute Gasteiger partial charge is 0.258 e. The molecule has 0 spiro atoms. The van der Waals surface area contributed by atoms with Crippen LogP contribution in [0.2, 0.25) is 0 Å². The Balaban J connectivity index is 1.12. The Morgan fingerprint density at radius 1 is 1.00 bits per heavy atom. The number of carbonyl (C=O) groups is 2. The zero-order chi connectivity index (χ0) is 20.8. The summed E-state index contributed by atoms with van der Waals surface area (Å²) in [6.45, 7) is 0.654. The standard InChI is InChI=1S/C24H28N2O3S/c27-23(26-20-7-8-20)15-29-21-9-4-17(5-10-21)12-13-25-24(28)16-30-22-11-6-18-2-1-3-19(18)14-22/h4-6,9-11,14,20H,1-3,7-8,12-13,15-16H2,(H,25,28)(H,26,27). The third-order valence-electron chi connectivity index (χ3n) is 5.41. The lowest BCUT2D eigenvalue weighted by Gasteiger charge is -2.09. The molecule has 0 aromatic heterocycles. The minimum atomic E-state index is -0.0675. The lowest BCUT2D eigenvalue weighted by molar-refractivity contribution is -0.123. The van der Waals surface area contributed by atoms with Gasteiger partial charge in [-0.25, -0.2) is 0 Å². The van der Waals surface area contributed by atoms with Crippen molar-refractivity contribution < 1.29 is 14.3 Å². The van der Waals surface area contributed by atoms with Gasteiger partial charge in [0.1, 0.15) is 5.75 Å². The average Bonchev–Trinajstić information content (AvgIpc) is 3.44. The van der Waals surface area contributed by atoms with Crippen LogP contribution in [-0.4, -0.2) is 36.8 Å². The van der Waals surface area contributed by atoms with Crippen LogP contribution >= 0.6 is 11.8 Å². The van der Waals surface area contributed by atoms with Gasteiger partial charge in [-0.05, 0) is 79.5 Å². The third-order valence-corrected chi connectivity index (χ3v) is 6.41. The number of thioether (sulfide) groups is 1. The molecular weight excluding hydrogens is 396 g/mol. The molecule has 1 saturated carbocycles. The molecular formula is C24H28N2O3S. The van der Waals surface area contributed by atoms with Crippen LogP contribution in [0.5, 0.6) is 5.75 Å². The Labute approximate surface area is 182 Å². The van der Waals surface area contributed by atoms with Crippen LogP contribution in [0.25, 0.3) is 0 Å². The van der Waals surface area contributed by atoms with Crippen molar-refractivity contribution in [2.45, 2.75) is 49.5 Å². The van der Waals surface area contributed by atoms with Crippen LogP contribution in [0.1, 0.15) is 36.0 Å². The Bertz CT molecular complexity index is 894. The van der Waals surface area contributed by atoms with Gasteiger partial charge < -0.3 is 15.4 Å². The van der Waals surface area contributed by atoms with Crippen molar-refractivity contribution in [3.05, 3.63) is 59.2 Å². The topological polar surface area (TPSA) is 67.4 Å². The first kappa shape index (κ1) is 20.8. The minimum Gasteiger partial charge on any atom is -0.484 e. The monoisotopic (exact) mass is 424 g/mol. The fraction of sp³-hybridized carbons (Fsp3) is 0.417. The van der Waals surface area contributed by atoms with E-state index in [4.69, 9.17) is 4.74 Å². The van der Waals surface area contributed by atoms with Crippen LogP contribution in [0.3, 0.4) is 0 Å². The number of benzene rings is 2. The second kappa shape index (κ2) is 10.0. The van der Waals surface area contributed by atoms with Gasteiger partial charge in [-0.1, -0.05) is 18.2 Å². The molecule has 2 aromatic rings. The molecule has 30 heavy (non-hydrogen) atoms. The van der Waals surface area contributed by atoms with E-state index >= 15 is 0 Å². The summed E-state index contributed by atoms with van der Waals surface area (Å²) in [7, 11) is 0. The number of amides is 2. The fourth-order valence-electron chi connectivity index (χ4n) is 3.58. The first-order valence-electron chi connectivity index (χ1n) is 10.7. The molecule has 2 aromatic carbocycles. The number of aryl methyl sites for hydroxylation is 2. The Morgan fingerprint density at radius 3 is 2.60 bits per heavy atom. The molecule has 158 valence electrons. The highest BCUT2D eigenvalue weighted by Crippen LogP contribution is 2.27. The third kappa shape index (κ3) is 6.26. The zero-order valence-corrected chi connectivity index (χ0v) is 17.9. The minimum absolute atomic E-state index is 0.0494. The predicted octanol–water partition coefficient (Wildman–Crippen LogP) is 3.28. The van der Waals surface area contributed by atoms with Crippen molar-refractivity contribution in [3.8, 4) is 5.75 Å². The van der Waals surface area contributed by atoms with E-state index in [1.807, 2.05) is 24.3 Å². The molecule has 0 saturated heterocycles. The molecule has 0 unspecified atom stereocenters. The average molecular weight is 425 g/mol. The van der Waals surface area contributed by atoms with Gasteiger partial charge in [-0.15, -0.1) is 11.8 Å². The number of hydrogen-bond acceptors (Lipinski definition) is 4. The van der Waals surface area contributed by atoms with Crippen LogP contribution in [0.15, 0.2) is 47.4 Å². The van der Waals surface area contributed by atoms with E-state index in [1.54, 1.807) is 11.8 Å². The van der Waals surface area contributed by atoms with Crippen LogP contribution in [-0.2, 0) is 28.9 Å². The lowest BCUT2D eigenvalue weighted by Crippen LogP contribution is -2.30. The van der Waals surface area contributed by atoms with Gasteiger partial charge in [0.15, 0.2) is 6.61 Å². The molecule has 4 rings (SSSR count). The van der Waals surface area contributed by atoms with Crippen molar-refractivity contribution in [1.82, 2.24) is 10.6 Å². The van der Waals surface area contributed by atoms with Gasteiger partial charge in [0.05, 0.1) is 5.75 Å². The summed E-state index contributed by atoms with van der Waals surface area (Å²) < 4.78 is 5.51. The second-order valence-corrected chi connectivity index (χ2v) is 9.00. The quantitative estimate of drug-likeness (QED) is 0.575. The molecule has 0 radical (unpaired) electrons. The fourth-order valence-corrected chi connectivity index (χ4v) is 4.37. The highest BCUT2D eigenvalue weighted by molar-refractivity contribution is 8.00. The van der Waals surface area contributed by atoms with E-state index in [2.05, 4.69) is 28.8 Å². The maximum absolute atomic E-state index is 12.1. The van der Waals surface area contributed by atoms with E-state index in [9.17, 15) is 9.59 Å². The Hall–Kier alpha value is -2.47. The maximum Gasteiger partial charge on any atom is 0.258 e. The molecule has 1 fully saturated rings. The van der Waals surface area contributed by atoms with E-state index in [1.165, 1.54) is 28.9 Å². The van der Waals surface area contributed by atoms with Crippen LogP contribution in [0.4, 0.5) is 0 Å². The van der Waals surface area contributed by atoms with Gasteiger partial charge >= 0.3 is 0 Å². The molecule has 2 N–H and O–H groups in total. The Kier molecular flexibility index (Phi) is 6.95. The van der Waals surface area contributed by atoms with Gasteiger partial charge in [-0.3, -0.25) is 9.59 Å². The number of hydrogen-bond donors (Lipinski definition) is 2. The first-order chi connectivity index (χ1) is 14.7. The van der Waals surface area contributed by atoms with Crippen LogP contribution in [0, 0.1) is 0 Å². The number of ether oxygens (including phenoxy) is 1. The summed E-state index contributed by atoms with van der Waals surface area (Å²) >= 11 is 1.60. The largest absolute Gasteiger partial charge is 0.484 e. The van der Waals surface area contributed by atoms with E-state index in [-0.39, 0.29) is 18.4 Å². The normalized spacial score (nSPS) is 14.8. The van der Waals surface area contributed by atoms with Gasteiger partial charge in [0.25, 0.3) is 5.91 Å². The Morgan fingerprint density at radius 2 is 1.80 bits per heavy atom. The molecule has 0 aliphatic heterocycles. The predicted molar refractivity (Wildman–Crippen MR) is 119 cm³/mol. The number of carbonyl (C=O) groups excluding carboxylic acids is 2. The highest BCUT2D eigenvalue weighted by Gasteiger charge is 2.23. The van der Waals surface area contributed by atoms with E-state index < -0.39 is 0 Å². The van der Waals surface area contributed by atoms with Crippen molar-refractivity contribution in [2.24, 2.45) is 0 Å². The summed E-state index contributed by atoms with van der Waals surface area (Å²) in [6, 6.07) is 14.6. The highest BCUT2D eigenvalue weighted by atomic mass is 32.2. The van der Waals surface area contributed by atoms with Crippen molar-refractivity contribution in [1.29, 1.82) is 0 Å². The molecule has 0 atom stereocenters. The SMILES string of the molecule is O=C(CSc1ccc2c(c1)CCC2)NCCc1ccc(OCC(=O)NC2CC2)cc1. The molecule has 6 heteroatoms. The number of nitrogens with one attached hydrogen (secondary N) is 2. The van der Waals surface area contributed by atoms with Crippen LogP contribution < -0.4 is 15.4 Å². The number of fused-ring (bicyclic) bond motifs is 1.